The molecular weight excluding hydrogens is 302 g/mol. The van der Waals surface area contributed by atoms with Gasteiger partial charge in [0.15, 0.2) is 0 Å². The molecule has 0 aliphatic carbocycles. The number of carbonyl (C=O) groups excluding carboxylic acids is 1. The molecule has 0 aliphatic rings. The number of ether oxygens (including phenoxy) is 1. The van der Waals surface area contributed by atoms with Crippen LogP contribution in [-0.2, 0) is 13.6 Å². The van der Waals surface area contributed by atoms with Gasteiger partial charge in [0.1, 0.15) is 11.4 Å². The second-order valence-electron chi connectivity index (χ2n) is 5.43. The Balaban J connectivity index is 1.87. The maximum Gasteiger partial charge on any atom is 0.269 e. The van der Waals surface area contributed by atoms with E-state index in [1.165, 1.54) is 0 Å². The molecular formula is C19H23N3O2. The maximum atomic E-state index is 12.2. The van der Waals surface area contributed by atoms with Crippen LogP contribution in [0.2, 0.25) is 0 Å². The van der Waals surface area contributed by atoms with Crippen LogP contribution in [0.1, 0.15) is 41.5 Å². The highest BCUT2D eigenvalue weighted by Crippen LogP contribution is 2.13. The minimum Gasteiger partial charge on any atom is -0.493 e. The fourth-order valence-electron chi connectivity index (χ4n) is 2.27. The largest absolute Gasteiger partial charge is 0.493 e. The van der Waals surface area contributed by atoms with Crippen LogP contribution >= 0.6 is 0 Å². The fraction of sp³-hybridized carbons (Fsp3) is 0.368. The molecule has 5 heteroatoms. The molecule has 0 fully saturated rings. The van der Waals surface area contributed by atoms with Crippen molar-refractivity contribution in [3.63, 3.8) is 0 Å². The zero-order valence-electron chi connectivity index (χ0n) is 14.4. The minimum absolute atomic E-state index is 0.140. The van der Waals surface area contributed by atoms with Crippen LogP contribution in [0.4, 0.5) is 0 Å². The highest BCUT2D eigenvalue weighted by Gasteiger charge is 2.11. The predicted octanol–water partition coefficient (Wildman–Crippen LogP) is 2.84. The van der Waals surface area contributed by atoms with Gasteiger partial charge in [-0.25, -0.2) is 0 Å². The fourth-order valence-corrected chi connectivity index (χ4v) is 2.27. The lowest BCUT2D eigenvalue weighted by Gasteiger charge is -2.08. The van der Waals surface area contributed by atoms with Crippen molar-refractivity contribution in [2.75, 3.05) is 6.61 Å². The molecule has 24 heavy (non-hydrogen) atoms. The first-order valence-electron chi connectivity index (χ1n) is 8.06. The van der Waals surface area contributed by atoms with E-state index in [2.05, 4.69) is 22.3 Å². The van der Waals surface area contributed by atoms with E-state index in [-0.39, 0.29) is 5.91 Å². The Morgan fingerprint density at radius 3 is 2.88 bits per heavy atom. The number of carbonyl (C=O) groups is 1. The number of nitrogens with one attached hydrogen (secondary N) is 1. The highest BCUT2D eigenvalue weighted by molar-refractivity contribution is 5.92. The van der Waals surface area contributed by atoms with Crippen LogP contribution in [0.3, 0.4) is 0 Å². The summed E-state index contributed by atoms with van der Waals surface area (Å²) in [6, 6.07) is 9.48. The van der Waals surface area contributed by atoms with Gasteiger partial charge >= 0.3 is 0 Å². The van der Waals surface area contributed by atoms with Crippen LogP contribution in [0.5, 0.6) is 5.75 Å². The number of hydrogen-bond acceptors (Lipinski definition) is 3. The average molecular weight is 325 g/mol. The molecule has 5 nitrogen and oxygen atoms in total. The van der Waals surface area contributed by atoms with Crippen LogP contribution in [0.15, 0.2) is 30.3 Å². The van der Waals surface area contributed by atoms with Gasteiger partial charge in [0, 0.05) is 26.4 Å². The summed E-state index contributed by atoms with van der Waals surface area (Å²) in [4.78, 5) is 12.2. The Labute approximate surface area is 143 Å². The number of aromatic nitrogens is 2. The molecule has 1 amide bonds. The first kappa shape index (κ1) is 17.6. The Bertz CT molecular complexity index is 753. The van der Waals surface area contributed by atoms with Crippen molar-refractivity contribution in [3.05, 3.63) is 47.3 Å². The molecule has 0 radical (unpaired) electrons. The molecule has 1 heterocycles. The summed E-state index contributed by atoms with van der Waals surface area (Å²) < 4.78 is 7.26. The standard InChI is InChI=1S/C19H23N3O2/c1-4-5-6-7-11-24-17-10-8-9-16(13-17)14-20-19(23)18-12-15(2)21-22(18)3/h8-10,12-13H,4,7,11,14H2,1-3H3,(H,20,23). The van der Waals surface area contributed by atoms with Gasteiger partial charge in [0.05, 0.1) is 12.3 Å². The van der Waals surface area contributed by atoms with Gasteiger partial charge in [-0.05, 0) is 30.7 Å². The number of aryl methyl sites for hydroxylation is 2. The van der Waals surface area contributed by atoms with Gasteiger partial charge in [-0.3, -0.25) is 9.48 Å². The van der Waals surface area contributed by atoms with E-state index in [1.54, 1.807) is 17.8 Å². The Kier molecular flexibility index (Phi) is 6.44. The van der Waals surface area contributed by atoms with Crippen molar-refractivity contribution >= 4 is 5.91 Å². The third-order valence-electron chi connectivity index (χ3n) is 3.38. The Hall–Kier alpha value is -2.74. The molecule has 1 N–H and O–H groups in total. The first-order chi connectivity index (χ1) is 11.6. The molecule has 0 aliphatic heterocycles. The van der Waals surface area contributed by atoms with Crippen LogP contribution < -0.4 is 10.1 Å². The van der Waals surface area contributed by atoms with E-state index in [0.29, 0.717) is 25.3 Å². The summed E-state index contributed by atoms with van der Waals surface area (Å²) in [6.07, 6.45) is 1.58. The van der Waals surface area contributed by atoms with Crippen LogP contribution in [-0.4, -0.2) is 22.3 Å². The van der Waals surface area contributed by atoms with E-state index >= 15 is 0 Å². The molecule has 0 bridgehead atoms. The molecule has 0 spiro atoms. The number of benzene rings is 1. The van der Waals surface area contributed by atoms with Gasteiger partial charge in [-0.15, -0.1) is 5.92 Å². The lowest BCUT2D eigenvalue weighted by molar-refractivity contribution is 0.0941. The summed E-state index contributed by atoms with van der Waals surface area (Å²) >= 11 is 0. The molecule has 0 saturated heterocycles. The highest BCUT2D eigenvalue weighted by atomic mass is 16.5. The normalized spacial score (nSPS) is 9.96. The van der Waals surface area contributed by atoms with Crippen molar-refractivity contribution in [3.8, 4) is 17.6 Å². The summed E-state index contributed by atoms with van der Waals surface area (Å²) in [5.41, 5.74) is 2.36. The summed E-state index contributed by atoms with van der Waals surface area (Å²) in [5, 5.41) is 7.08. The predicted molar refractivity (Wildman–Crippen MR) is 93.7 cm³/mol. The molecule has 0 atom stereocenters. The second-order valence-corrected chi connectivity index (χ2v) is 5.43. The summed E-state index contributed by atoms with van der Waals surface area (Å²) in [5.74, 6) is 6.71. The quantitative estimate of drug-likeness (QED) is 0.656. The monoisotopic (exact) mass is 325 g/mol. The van der Waals surface area contributed by atoms with Crippen molar-refractivity contribution in [2.24, 2.45) is 7.05 Å². The van der Waals surface area contributed by atoms with Gasteiger partial charge in [-0.2, -0.15) is 5.10 Å². The van der Waals surface area contributed by atoms with Gasteiger partial charge < -0.3 is 10.1 Å². The summed E-state index contributed by atoms with van der Waals surface area (Å²) in [6.45, 7) is 4.90. The second kappa shape index (κ2) is 8.78. The van der Waals surface area contributed by atoms with E-state index in [0.717, 1.165) is 23.4 Å². The molecule has 2 rings (SSSR count). The number of amides is 1. The topological polar surface area (TPSA) is 56.1 Å². The van der Waals surface area contributed by atoms with Gasteiger partial charge in [-0.1, -0.05) is 25.0 Å². The lowest BCUT2D eigenvalue weighted by atomic mass is 10.2. The molecule has 1 aromatic heterocycles. The lowest BCUT2D eigenvalue weighted by Crippen LogP contribution is -2.25. The molecule has 2 aromatic rings. The maximum absolute atomic E-state index is 12.2. The Morgan fingerprint density at radius 1 is 1.33 bits per heavy atom. The van der Waals surface area contributed by atoms with Crippen molar-refractivity contribution in [1.29, 1.82) is 0 Å². The summed E-state index contributed by atoms with van der Waals surface area (Å²) in [7, 11) is 1.76. The van der Waals surface area contributed by atoms with Gasteiger partial charge in [0.2, 0.25) is 0 Å². The zero-order chi connectivity index (χ0) is 17.4. The Morgan fingerprint density at radius 2 is 2.17 bits per heavy atom. The van der Waals surface area contributed by atoms with Gasteiger partial charge in [0.25, 0.3) is 5.91 Å². The third kappa shape index (κ3) is 5.17. The smallest absolute Gasteiger partial charge is 0.269 e. The van der Waals surface area contributed by atoms with Crippen molar-refractivity contribution in [1.82, 2.24) is 15.1 Å². The van der Waals surface area contributed by atoms with E-state index in [1.807, 2.05) is 38.1 Å². The first-order valence-corrected chi connectivity index (χ1v) is 8.06. The third-order valence-corrected chi connectivity index (χ3v) is 3.38. The van der Waals surface area contributed by atoms with Crippen molar-refractivity contribution < 1.29 is 9.53 Å². The average Bonchev–Trinajstić information content (AvgIpc) is 2.91. The van der Waals surface area contributed by atoms with E-state index in [4.69, 9.17) is 4.74 Å². The molecule has 126 valence electrons. The number of hydrogen-bond donors (Lipinski definition) is 1. The SMILES string of the molecule is CCC#CCCOc1cccc(CNC(=O)c2cc(C)nn2C)c1. The van der Waals surface area contributed by atoms with E-state index in [9.17, 15) is 4.79 Å². The number of nitrogens with zero attached hydrogens (tertiary/aromatic N) is 2. The van der Waals surface area contributed by atoms with E-state index < -0.39 is 0 Å². The van der Waals surface area contributed by atoms with Crippen molar-refractivity contribution in [2.45, 2.75) is 33.2 Å². The molecule has 0 unspecified atom stereocenters. The van der Waals surface area contributed by atoms with Crippen LogP contribution in [0, 0.1) is 18.8 Å². The van der Waals surface area contributed by atoms with Crippen LogP contribution in [0.25, 0.3) is 0 Å². The molecule has 1 aromatic carbocycles. The molecule has 0 saturated carbocycles. The number of rotatable bonds is 6. The minimum atomic E-state index is -0.140. The zero-order valence-corrected chi connectivity index (χ0v) is 14.4.